The van der Waals surface area contributed by atoms with E-state index in [9.17, 15) is 4.79 Å². The summed E-state index contributed by atoms with van der Waals surface area (Å²) in [7, 11) is 1.93. The lowest BCUT2D eigenvalue weighted by Crippen LogP contribution is -2.25. The monoisotopic (exact) mass is 329 g/mol. The number of amides is 1. The summed E-state index contributed by atoms with van der Waals surface area (Å²) in [4.78, 5) is 16.7. The van der Waals surface area contributed by atoms with Crippen LogP contribution in [0.1, 0.15) is 15.9 Å². The predicted molar refractivity (Wildman–Crippen MR) is 101 cm³/mol. The molecule has 25 heavy (non-hydrogen) atoms. The molecule has 4 rings (SSSR count). The van der Waals surface area contributed by atoms with Gasteiger partial charge in [0.25, 0.3) is 5.91 Å². The van der Waals surface area contributed by atoms with E-state index < -0.39 is 0 Å². The molecule has 0 spiro atoms. The maximum atomic E-state index is 12.4. The van der Waals surface area contributed by atoms with E-state index >= 15 is 0 Å². The normalized spacial score (nSPS) is 11.1. The predicted octanol–water partition coefficient (Wildman–Crippen LogP) is 3.70. The molecule has 0 bridgehead atoms. The highest BCUT2D eigenvalue weighted by molar-refractivity contribution is 5.97. The van der Waals surface area contributed by atoms with E-state index in [4.69, 9.17) is 0 Å². The smallest absolute Gasteiger partial charge is 0.251 e. The fourth-order valence-electron chi connectivity index (χ4n) is 3.19. The van der Waals surface area contributed by atoms with Crippen molar-refractivity contribution in [3.63, 3.8) is 0 Å². The summed E-state index contributed by atoms with van der Waals surface area (Å²) in [5.74, 6) is -0.0525. The Labute approximate surface area is 146 Å². The molecule has 0 unspecified atom stereocenters. The third-order valence-corrected chi connectivity index (χ3v) is 4.55. The summed E-state index contributed by atoms with van der Waals surface area (Å²) in [6, 6.07) is 20.2. The summed E-state index contributed by atoms with van der Waals surface area (Å²) in [6.45, 7) is 0.607. The number of aromatic nitrogens is 2. The van der Waals surface area contributed by atoms with Gasteiger partial charge in [-0.3, -0.25) is 4.79 Å². The van der Waals surface area contributed by atoms with Crippen molar-refractivity contribution in [1.29, 1.82) is 0 Å². The van der Waals surface area contributed by atoms with Crippen molar-refractivity contribution in [3.8, 4) is 0 Å². The number of rotatable bonds is 4. The Morgan fingerprint density at radius 1 is 1.08 bits per heavy atom. The Kier molecular flexibility index (Phi) is 3.94. The lowest BCUT2D eigenvalue weighted by atomic mass is 10.0. The van der Waals surface area contributed by atoms with E-state index in [0.717, 1.165) is 17.5 Å². The van der Waals surface area contributed by atoms with Crippen LogP contribution in [0.2, 0.25) is 0 Å². The van der Waals surface area contributed by atoms with Gasteiger partial charge in [0.15, 0.2) is 0 Å². The number of nitrogens with one attached hydrogen (secondary N) is 1. The van der Waals surface area contributed by atoms with Gasteiger partial charge in [-0.05, 0) is 41.0 Å². The second kappa shape index (κ2) is 6.40. The first-order valence-corrected chi connectivity index (χ1v) is 8.38. The van der Waals surface area contributed by atoms with Crippen molar-refractivity contribution >= 4 is 27.7 Å². The van der Waals surface area contributed by atoms with Crippen LogP contribution in [0.4, 0.5) is 0 Å². The summed E-state index contributed by atoms with van der Waals surface area (Å²) >= 11 is 0. The van der Waals surface area contributed by atoms with E-state index in [-0.39, 0.29) is 5.91 Å². The minimum atomic E-state index is -0.0525. The molecule has 0 atom stereocenters. The average Bonchev–Trinajstić information content (AvgIpc) is 3.02. The molecule has 0 aliphatic heterocycles. The molecule has 0 aliphatic rings. The standard InChI is InChI=1S/C21H19N3O/c1-24-14-23-19-10-9-17(13-20(19)24)21(25)22-12-11-16-7-4-6-15-5-2-3-8-18(15)16/h2-10,13-14H,11-12H2,1H3,(H,22,25). The number of nitrogens with zero attached hydrogens (tertiary/aromatic N) is 2. The van der Waals surface area contributed by atoms with Gasteiger partial charge in [-0.25, -0.2) is 4.98 Å². The first-order valence-electron chi connectivity index (χ1n) is 8.38. The largest absolute Gasteiger partial charge is 0.352 e. The number of benzene rings is 3. The van der Waals surface area contributed by atoms with Crippen molar-refractivity contribution in [2.24, 2.45) is 7.05 Å². The molecule has 0 aliphatic carbocycles. The van der Waals surface area contributed by atoms with Crippen LogP contribution in [-0.2, 0) is 13.5 Å². The molecule has 0 saturated heterocycles. The topological polar surface area (TPSA) is 46.9 Å². The van der Waals surface area contributed by atoms with Gasteiger partial charge in [0.2, 0.25) is 0 Å². The number of imidazole rings is 1. The first kappa shape index (κ1) is 15.4. The van der Waals surface area contributed by atoms with E-state index in [1.54, 1.807) is 6.33 Å². The molecule has 124 valence electrons. The third kappa shape index (κ3) is 2.98. The lowest BCUT2D eigenvalue weighted by Gasteiger charge is -2.08. The quantitative estimate of drug-likeness (QED) is 0.620. The van der Waals surface area contributed by atoms with Crippen molar-refractivity contribution in [2.45, 2.75) is 6.42 Å². The zero-order chi connectivity index (χ0) is 17.2. The maximum absolute atomic E-state index is 12.4. The number of hydrogen-bond donors (Lipinski definition) is 1. The van der Waals surface area contributed by atoms with Crippen LogP contribution in [0.5, 0.6) is 0 Å². The zero-order valence-electron chi connectivity index (χ0n) is 14.1. The molecule has 4 heteroatoms. The van der Waals surface area contributed by atoms with Crippen LogP contribution >= 0.6 is 0 Å². The van der Waals surface area contributed by atoms with Crippen molar-refractivity contribution in [2.75, 3.05) is 6.54 Å². The molecule has 4 nitrogen and oxygen atoms in total. The second-order valence-corrected chi connectivity index (χ2v) is 6.20. The summed E-state index contributed by atoms with van der Waals surface area (Å²) in [6.07, 6.45) is 2.56. The minimum absolute atomic E-state index is 0.0525. The van der Waals surface area contributed by atoms with Crippen LogP contribution in [0.15, 0.2) is 67.0 Å². The number of carbonyl (C=O) groups excluding carboxylic acids is 1. The Hall–Kier alpha value is -3.14. The molecular weight excluding hydrogens is 310 g/mol. The van der Waals surface area contributed by atoms with E-state index in [1.807, 2.05) is 41.9 Å². The Morgan fingerprint density at radius 2 is 1.92 bits per heavy atom. The maximum Gasteiger partial charge on any atom is 0.251 e. The van der Waals surface area contributed by atoms with Gasteiger partial charge < -0.3 is 9.88 Å². The van der Waals surface area contributed by atoms with Gasteiger partial charge in [0.1, 0.15) is 0 Å². The molecular formula is C21H19N3O. The van der Waals surface area contributed by atoms with Gasteiger partial charge in [-0.1, -0.05) is 42.5 Å². The van der Waals surface area contributed by atoms with Crippen LogP contribution < -0.4 is 5.32 Å². The Morgan fingerprint density at radius 3 is 2.84 bits per heavy atom. The Bertz CT molecular complexity index is 1060. The second-order valence-electron chi connectivity index (χ2n) is 6.20. The van der Waals surface area contributed by atoms with Gasteiger partial charge in [0, 0.05) is 19.2 Å². The summed E-state index contributed by atoms with van der Waals surface area (Å²) < 4.78 is 1.92. The van der Waals surface area contributed by atoms with Gasteiger partial charge in [0.05, 0.1) is 17.4 Å². The van der Waals surface area contributed by atoms with Crippen LogP contribution in [0.25, 0.3) is 21.8 Å². The number of aryl methyl sites for hydroxylation is 1. The van der Waals surface area contributed by atoms with Gasteiger partial charge in [-0.2, -0.15) is 0 Å². The van der Waals surface area contributed by atoms with E-state index in [0.29, 0.717) is 12.1 Å². The highest BCUT2D eigenvalue weighted by atomic mass is 16.1. The average molecular weight is 329 g/mol. The minimum Gasteiger partial charge on any atom is -0.352 e. The molecule has 1 heterocycles. The summed E-state index contributed by atoms with van der Waals surface area (Å²) in [5.41, 5.74) is 3.77. The summed E-state index contributed by atoms with van der Waals surface area (Å²) in [5, 5.41) is 5.50. The van der Waals surface area contributed by atoms with Gasteiger partial charge in [-0.15, -0.1) is 0 Å². The fourth-order valence-corrected chi connectivity index (χ4v) is 3.19. The molecule has 0 radical (unpaired) electrons. The van der Waals surface area contributed by atoms with Crippen molar-refractivity contribution < 1.29 is 4.79 Å². The fraction of sp³-hybridized carbons (Fsp3) is 0.143. The molecule has 1 aromatic heterocycles. The molecule has 3 aromatic carbocycles. The molecule has 0 fully saturated rings. The lowest BCUT2D eigenvalue weighted by molar-refractivity contribution is 0.0954. The van der Waals surface area contributed by atoms with Crippen molar-refractivity contribution in [1.82, 2.24) is 14.9 Å². The number of hydrogen-bond acceptors (Lipinski definition) is 2. The highest BCUT2D eigenvalue weighted by Crippen LogP contribution is 2.19. The van der Waals surface area contributed by atoms with Crippen LogP contribution in [-0.4, -0.2) is 22.0 Å². The number of fused-ring (bicyclic) bond motifs is 2. The molecule has 1 N–H and O–H groups in total. The number of carbonyl (C=O) groups is 1. The molecule has 1 amide bonds. The van der Waals surface area contributed by atoms with Crippen LogP contribution in [0, 0.1) is 0 Å². The SMILES string of the molecule is Cn1cnc2ccc(C(=O)NCCc3cccc4ccccc34)cc21. The van der Waals surface area contributed by atoms with Crippen LogP contribution in [0.3, 0.4) is 0 Å². The first-order chi connectivity index (χ1) is 12.2. The van der Waals surface area contributed by atoms with Crippen molar-refractivity contribution in [3.05, 3.63) is 78.1 Å². The molecule has 0 saturated carbocycles. The zero-order valence-corrected chi connectivity index (χ0v) is 14.1. The van der Waals surface area contributed by atoms with E-state index in [1.165, 1.54) is 16.3 Å². The molecule has 4 aromatic rings. The Balaban J connectivity index is 1.47. The highest BCUT2D eigenvalue weighted by Gasteiger charge is 2.08. The van der Waals surface area contributed by atoms with E-state index in [2.05, 4.69) is 40.6 Å². The third-order valence-electron chi connectivity index (χ3n) is 4.55. The van der Waals surface area contributed by atoms with Gasteiger partial charge >= 0.3 is 0 Å².